The number of nitrogens with one attached hydrogen (secondary N) is 1. The summed E-state index contributed by atoms with van der Waals surface area (Å²) < 4.78 is 0. The van der Waals surface area contributed by atoms with Crippen LogP contribution >= 0.6 is 23.1 Å². The van der Waals surface area contributed by atoms with Crippen molar-refractivity contribution in [3.63, 3.8) is 0 Å². The molecule has 0 bridgehead atoms. The van der Waals surface area contributed by atoms with E-state index in [2.05, 4.69) is 10.3 Å². The van der Waals surface area contributed by atoms with Gasteiger partial charge in [0.25, 0.3) is 0 Å². The second-order valence-electron chi connectivity index (χ2n) is 3.70. The number of anilines is 1. The lowest BCUT2D eigenvalue weighted by atomic mass is 10.0. The molecule has 7 heteroatoms. The van der Waals surface area contributed by atoms with Gasteiger partial charge in [0, 0.05) is 6.54 Å². The molecule has 1 aromatic heterocycles. The lowest BCUT2D eigenvalue weighted by molar-refractivity contribution is -0.380. The van der Waals surface area contributed by atoms with E-state index in [9.17, 15) is 10.1 Å². The maximum atomic E-state index is 10.5. The van der Waals surface area contributed by atoms with Crippen LogP contribution in [0.4, 0.5) is 10.1 Å². The molecule has 0 saturated carbocycles. The fourth-order valence-corrected chi connectivity index (χ4v) is 3.46. The van der Waals surface area contributed by atoms with Crippen molar-refractivity contribution >= 4 is 33.2 Å². The lowest BCUT2D eigenvalue weighted by Crippen LogP contribution is -2.18. The van der Waals surface area contributed by atoms with Crippen LogP contribution in [0.2, 0.25) is 0 Å². The van der Waals surface area contributed by atoms with Crippen molar-refractivity contribution in [1.82, 2.24) is 4.98 Å². The smallest absolute Gasteiger partial charge is 0.345 e. The standard InChI is InChI=1S/C9H13N3O2S2/c13-12(14)8-6-11-9(16-8)10-5-7-1-3-15-4-2-7/h6-7H,1-5H2,(H,10,11). The summed E-state index contributed by atoms with van der Waals surface area (Å²) in [6, 6.07) is 0. The molecule has 0 aromatic carbocycles. The normalized spacial score (nSPS) is 17.2. The molecule has 0 spiro atoms. The number of aromatic nitrogens is 1. The quantitative estimate of drug-likeness (QED) is 0.665. The summed E-state index contributed by atoms with van der Waals surface area (Å²) in [5.74, 6) is 3.14. The van der Waals surface area contributed by atoms with Crippen molar-refractivity contribution in [2.45, 2.75) is 12.8 Å². The van der Waals surface area contributed by atoms with Crippen LogP contribution < -0.4 is 5.32 Å². The van der Waals surface area contributed by atoms with Gasteiger partial charge in [-0.2, -0.15) is 11.8 Å². The van der Waals surface area contributed by atoms with Gasteiger partial charge in [0.1, 0.15) is 6.20 Å². The maximum absolute atomic E-state index is 10.5. The number of rotatable bonds is 4. The fraction of sp³-hybridized carbons (Fsp3) is 0.667. The van der Waals surface area contributed by atoms with E-state index in [1.165, 1.54) is 30.5 Å². The van der Waals surface area contributed by atoms with Crippen molar-refractivity contribution < 1.29 is 4.92 Å². The zero-order chi connectivity index (χ0) is 11.4. The Morgan fingerprint density at radius 1 is 1.56 bits per heavy atom. The molecule has 88 valence electrons. The highest BCUT2D eigenvalue weighted by Gasteiger charge is 2.15. The highest BCUT2D eigenvalue weighted by Crippen LogP contribution is 2.27. The van der Waals surface area contributed by atoms with E-state index in [0.29, 0.717) is 11.0 Å². The Morgan fingerprint density at radius 2 is 2.31 bits per heavy atom. The monoisotopic (exact) mass is 259 g/mol. The largest absolute Gasteiger partial charge is 0.361 e. The number of hydrogen-bond donors (Lipinski definition) is 1. The van der Waals surface area contributed by atoms with Crippen LogP contribution in [0.1, 0.15) is 12.8 Å². The molecule has 1 fully saturated rings. The van der Waals surface area contributed by atoms with Crippen LogP contribution in [0.15, 0.2) is 6.20 Å². The molecular formula is C9H13N3O2S2. The van der Waals surface area contributed by atoms with E-state index < -0.39 is 4.92 Å². The van der Waals surface area contributed by atoms with Crippen molar-refractivity contribution in [1.29, 1.82) is 0 Å². The van der Waals surface area contributed by atoms with Gasteiger partial charge >= 0.3 is 5.00 Å². The molecule has 1 saturated heterocycles. The molecule has 0 aliphatic carbocycles. The molecule has 2 rings (SSSR count). The number of nitro groups is 1. The highest BCUT2D eigenvalue weighted by atomic mass is 32.2. The summed E-state index contributed by atoms with van der Waals surface area (Å²) in [4.78, 5) is 14.0. The first kappa shape index (κ1) is 11.7. The second kappa shape index (κ2) is 5.49. The van der Waals surface area contributed by atoms with Gasteiger partial charge in [-0.25, -0.2) is 4.98 Å². The Labute approximate surface area is 102 Å². The molecule has 0 amide bonds. The Morgan fingerprint density at radius 3 is 2.94 bits per heavy atom. The molecular weight excluding hydrogens is 246 g/mol. The molecule has 0 atom stereocenters. The van der Waals surface area contributed by atoms with Gasteiger partial charge in [-0.3, -0.25) is 10.1 Å². The van der Waals surface area contributed by atoms with Gasteiger partial charge in [-0.05, 0) is 41.6 Å². The van der Waals surface area contributed by atoms with Gasteiger partial charge in [-0.15, -0.1) is 0 Å². The van der Waals surface area contributed by atoms with Crippen LogP contribution in [0.5, 0.6) is 0 Å². The third-order valence-electron chi connectivity index (χ3n) is 2.56. The summed E-state index contributed by atoms with van der Waals surface area (Å²) in [7, 11) is 0. The minimum Gasteiger partial charge on any atom is -0.361 e. The van der Waals surface area contributed by atoms with Crippen LogP contribution in [0.25, 0.3) is 0 Å². The van der Waals surface area contributed by atoms with Crippen LogP contribution in [-0.2, 0) is 0 Å². The Balaban J connectivity index is 1.81. The average Bonchev–Trinajstić information content (AvgIpc) is 2.76. The first-order valence-electron chi connectivity index (χ1n) is 5.17. The summed E-state index contributed by atoms with van der Waals surface area (Å²) in [5, 5.41) is 14.4. The predicted molar refractivity (Wildman–Crippen MR) is 67.3 cm³/mol. The number of thiazole rings is 1. The molecule has 1 aromatic rings. The molecule has 1 N–H and O–H groups in total. The summed E-state index contributed by atoms with van der Waals surface area (Å²) in [5.41, 5.74) is 0. The Hall–Kier alpha value is -0.820. The number of hydrogen-bond acceptors (Lipinski definition) is 6. The SMILES string of the molecule is O=[N+]([O-])c1cnc(NCC2CCSCC2)s1. The van der Waals surface area contributed by atoms with E-state index in [1.807, 2.05) is 11.8 Å². The molecule has 1 aliphatic heterocycles. The maximum Gasteiger partial charge on any atom is 0.345 e. The summed E-state index contributed by atoms with van der Waals surface area (Å²) >= 11 is 3.10. The third-order valence-corrected chi connectivity index (χ3v) is 4.51. The van der Waals surface area contributed by atoms with Gasteiger partial charge in [0.2, 0.25) is 0 Å². The lowest BCUT2D eigenvalue weighted by Gasteiger charge is -2.21. The molecule has 2 heterocycles. The van der Waals surface area contributed by atoms with E-state index in [1.54, 1.807) is 0 Å². The van der Waals surface area contributed by atoms with Gasteiger partial charge in [0.15, 0.2) is 5.13 Å². The van der Waals surface area contributed by atoms with Crippen molar-refractivity contribution in [2.24, 2.45) is 5.92 Å². The van der Waals surface area contributed by atoms with Crippen molar-refractivity contribution in [3.8, 4) is 0 Å². The molecule has 5 nitrogen and oxygen atoms in total. The minimum atomic E-state index is -0.403. The minimum absolute atomic E-state index is 0.0988. The zero-order valence-electron chi connectivity index (χ0n) is 8.72. The number of nitrogens with zero attached hydrogens (tertiary/aromatic N) is 2. The summed E-state index contributed by atoms with van der Waals surface area (Å²) in [6.45, 7) is 0.880. The predicted octanol–water partition coefficient (Wildman–Crippen LogP) is 2.61. The van der Waals surface area contributed by atoms with E-state index >= 15 is 0 Å². The van der Waals surface area contributed by atoms with Crippen molar-refractivity contribution in [3.05, 3.63) is 16.3 Å². The first-order chi connectivity index (χ1) is 7.75. The van der Waals surface area contributed by atoms with E-state index in [0.717, 1.165) is 17.9 Å². The molecule has 16 heavy (non-hydrogen) atoms. The average molecular weight is 259 g/mol. The third kappa shape index (κ3) is 3.08. The van der Waals surface area contributed by atoms with Crippen molar-refractivity contribution in [2.75, 3.05) is 23.4 Å². The second-order valence-corrected chi connectivity index (χ2v) is 5.93. The topological polar surface area (TPSA) is 68.1 Å². The van der Waals surface area contributed by atoms with E-state index in [-0.39, 0.29) is 5.00 Å². The molecule has 1 aliphatic rings. The van der Waals surface area contributed by atoms with Gasteiger partial charge in [-0.1, -0.05) is 0 Å². The highest BCUT2D eigenvalue weighted by molar-refractivity contribution is 7.99. The fourth-order valence-electron chi connectivity index (χ4n) is 1.61. The molecule has 0 unspecified atom stereocenters. The van der Waals surface area contributed by atoms with E-state index in [4.69, 9.17) is 0 Å². The molecule has 0 radical (unpaired) electrons. The first-order valence-corrected chi connectivity index (χ1v) is 7.14. The van der Waals surface area contributed by atoms with Crippen LogP contribution in [0, 0.1) is 16.0 Å². The van der Waals surface area contributed by atoms with Crippen LogP contribution in [0.3, 0.4) is 0 Å². The Kier molecular flexibility index (Phi) is 4.00. The van der Waals surface area contributed by atoms with Gasteiger partial charge in [0.05, 0.1) is 4.92 Å². The zero-order valence-corrected chi connectivity index (χ0v) is 10.4. The van der Waals surface area contributed by atoms with Crippen LogP contribution in [-0.4, -0.2) is 28.0 Å². The Bertz CT molecular complexity index is 363. The number of thioether (sulfide) groups is 1. The van der Waals surface area contributed by atoms with Gasteiger partial charge < -0.3 is 5.32 Å². The summed E-state index contributed by atoms with van der Waals surface area (Å²) in [6.07, 6.45) is 3.76.